The SMILES string of the molecule is Cc1ccccc1-c1nc(COc2ccc(-c3nc4cc(P)ccc4n3C3CCCCC3)cc2)no1. The molecule has 1 atom stereocenters. The van der Waals surface area contributed by atoms with Crippen LogP contribution in [0, 0.1) is 6.92 Å². The van der Waals surface area contributed by atoms with E-state index in [0.717, 1.165) is 39.1 Å². The number of aryl methyl sites for hydroxylation is 1. The highest BCUT2D eigenvalue weighted by atomic mass is 31.0. The molecule has 3 aromatic carbocycles. The van der Waals surface area contributed by atoms with Crippen LogP contribution in [-0.4, -0.2) is 19.7 Å². The Kier molecular flexibility index (Phi) is 6.28. The largest absolute Gasteiger partial charge is 0.485 e. The standard InChI is InChI=1S/C29H29N4O2P/c1-19-7-5-6-10-24(19)29-31-27(32-35-29)18-34-22-13-11-20(12-14-22)28-30-25-17-23(36)15-16-26(25)33(28)21-8-3-2-4-9-21/h5-7,10-17,21H,2-4,8-9,18,36H2,1H3. The van der Waals surface area contributed by atoms with Crippen molar-refractivity contribution in [3.63, 3.8) is 0 Å². The van der Waals surface area contributed by atoms with Gasteiger partial charge < -0.3 is 13.8 Å². The number of aromatic nitrogens is 4. The number of imidazole rings is 1. The maximum Gasteiger partial charge on any atom is 0.258 e. The Morgan fingerprint density at radius 1 is 0.972 bits per heavy atom. The van der Waals surface area contributed by atoms with Crippen molar-refractivity contribution in [2.45, 2.75) is 51.7 Å². The van der Waals surface area contributed by atoms with Gasteiger partial charge in [-0.15, -0.1) is 9.24 Å². The van der Waals surface area contributed by atoms with Crippen LogP contribution in [0.3, 0.4) is 0 Å². The predicted molar refractivity (Wildman–Crippen MR) is 145 cm³/mol. The third kappa shape index (κ3) is 4.54. The van der Waals surface area contributed by atoms with E-state index in [-0.39, 0.29) is 6.61 Å². The van der Waals surface area contributed by atoms with Gasteiger partial charge in [0, 0.05) is 17.2 Å². The lowest BCUT2D eigenvalue weighted by Gasteiger charge is -2.25. The van der Waals surface area contributed by atoms with Crippen LogP contribution in [0.4, 0.5) is 0 Å². The van der Waals surface area contributed by atoms with Gasteiger partial charge in [-0.3, -0.25) is 0 Å². The Morgan fingerprint density at radius 2 is 1.78 bits per heavy atom. The van der Waals surface area contributed by atoms with Crippen LogP contribution in [-0.2, 0) is 6.61 Å². The Balaban J connectivity index is 1.22. The van der Waals surface area contributed by atoms with Gasteiger partial charge in [0.05, 0.1) is 11.0 Å². The van der Waals surface area contributed by atoms with E-state index in [0.29, 0.717) is 17.8 Å². The van der Waals surface area contributed by atoms with Crippen LogP contribution >= 0.6 is 9.24 Å². The highest BCUT2D eigenvalue weighted by molar-refractivity contribution is 7.27. The average molecular weight is 497 g/mol. The summed E-state index contributed by atoms with van der Waals surface area (Å²) in [6, 6.07) is 23.1. The van der Waals surface area contributed by atoms with Gasteiger partial charge in [0.1, 0.15) is 11.6 Å². The van der Waals surface area contributed by atoms with E-state index in [9.17, 15) is 0 Å². The van der Waals surface area contributed by atoms with Crippen molar-refractivity contribution >= 4 is 25.6 Å². The van der Waals surface area contributed by atoms with Crippen LogP contribution < -0.4 is 10.0 Å². The number of rotatable bonds is 6. The molecule has 2 aromatic heterocycles. The molecule has 5 aromatic rings. The third-order valence-electron chi connectivity index (χ3n) is 6.98. The van der Waals surface area contributed by atoms with Crippen LogP contribution in [0.5, 0.6) is 5.75 Å². The summed E-state index contributed by atoms with van der Waals surface area (Å²) in [6.45, 7) is 2.27. The molecule has 1 aliphatic carbocycles. The van der Waals surface area contributed by atoms with Crippen LogP contribution in [0.25, 0.3) is 33.9 Å². The molecule has 1 fully saturated rings. The summed E-state index contributed by atoms with van der Waals surface area (Å²) < 4.78 is 13.9. The van der Waals surface area contributed by atoms with Gasteiger partial charge in [-0.2, -0.15) is 4.98 Å². The first-order valence-corrected chi connectivity index (χ1v) is 13.1. The Morgan fingerprint density at radius 3 is 2.58 bits per heavy atom. The van der Waals surface area contributed by atoms with Gasteiger partial charge in [-0.1, -0.05) is 48.7 Å². The number of fused-ring (bicyclic) bond motifs is 1. The smallest absolute Gasteiger partial charge is 0.258 e. The second kappa shape index (κ2) is 9.87. The van der Waals surface area contributed by atoms with E-state index in [2.05, 4.69) is 54.3 Å². The second-order valence-corrected chi connectivity index (χ2v) is 10.2. The van der Waals surface area contributed by atoms with Crippen molar-refractivity contribution in [2.75, 3.05) is 0 Å². The minimum atomic E-state index is 0.242. The van der Waals surface area contributed by atoms with Gasteiger partial charge in [0.2, 0.25) is 5.82 Å². The molecule has 2 heterocycles. The van der Waals surface area contributed by atoms with Gasteiger partial charge in [0.25, 0.3) is 5.89 Å². The summed E-state index contributed by atoms with van der Waals surface area (Å²) in [4.78, 5) is 9.56. The zero-order valence-electron chi connectivity index (χ0n) is 20.4. The first kappa shape index (κ1) is 22.9. The van der Waals surface area contributed by atoms with Gasteiger partial charge in [0.15, 0.2) is 6.61 Å². The quantitative estimate of drug-likeness (QED) is 0.246. The van der Waals surface area contributed by atoms with Crippen molar-refractivity contribution in [1.29, 1.82) is 0 Å². The summed E-state index contributed by atoms with van der Waals surface area (Å²) in [5.41, 5.74) is 5.39. The van der Waals surface area contributed by atoms with Crippen molar-refractivity contribution in [3.8, 4) is 28.6 Å². The summed E-state index contributed by atoms with van der Waals surface area (Å²) in [7, 11) is 2.78. The van der Waals surface area contributed by atoms with E-state index in [4.69, 9.17) is 14.2 Å². The van der Waals surface area contributed by atoms with E-state index in [1.165, 1.54) is 37.6 Å². The fourth-order valence-electron chi connectivity index (χ4n) is 5.11. The molecule has 0 bridgehead atoms. The molecule has 0 spiro atoms. The van der Waals surface area contributed by atoms with Gasteiger partial charge in [-0.05, 0) is 73.1 Å². The summed E-state index contributed by atoms with van der Waals surface area (Å²) in [6.07, 6.45) is 6.29. The topological polar surface area (TPSA) is 66.0 Å². The minimum Gasteiger partial charge on any atom is -0.485 e. The molecule has 0 amide bonds. The van der Waals surface area contributed by atoms with Crippen LogP contribution in [0.1, 0.15) is 49.5 Å². The van der Waals surface area contributed by atoms with Crippen molar-refractivity contribution < 1.29 is 9.26 Å². The molecule has 6 nitrogen and oxygen atoms in total. The molecule has 0 saturated heterocycles. The molecule has 0 N–H and O–H groups in total. The molecule has 36 heavy (non-hydrogen) atoms. The van der Waals surface area contributed by atoms with Crippen molar-refractivity contribution in [2.24, 2.45) is 0 Å². The predicted octanol–water partition coefficient (Wildman–Crippen LogP) is 6.65. The number of ether oxygens (including phenoxy) is 1. The number of hydrogen-bond acceptors (Lipinski definition) is 5. The molecule has 7 heteroatoms. The lowest BCUT2D eigenvalue weighted by Crippen LogP contribution is -2.14. The zero-order valence-corrected chi connectivity index (χ0v) is 21.5. The highest BCUT2D eigenvalue weighted by Crippen LogP contribution is 2.36. The maximum absolute atomic E-state index is 5.97. The van der Waals surface area contributed by atoms with Crippen molar-refractivity contribution in [1.82, 2.24) is 19.7 Å². The average Bonchev–Trinajstić information content (AvgIpc) is 3.53. The third-order valence-corrected chi connectivity index (χ3v) is 7.34. The summed E-state index contributed by atoms with van der Waals surface area (Å²) in [5.74, 6) is 2.82. The molecule has 1 unspecified atom stereocenters. The fraction of sp³-hybridized carbons (Fsp3) is 0.276. The molecular formula is C29H29N4O2P. The molecular weight excluding hydrogens is 467 g/mol. The number of hydrogen-bond donors (Lipinski definition) is 0. The van der Waals surface area contributed by atoms with Crippen LogP contribution in [0.15, 0.2) is 71.3 Å². The zero-order chi connectivity index (χ0) is 24.5. The molecule has 1 aliphatic rings. The molecule has 0 radical (unpaired) electrons. The van der Waals surface area contributed by atoms with Gasteiger partial charge >= 0.3 is 0 Å². The first-order valence-electron chi connectivity index (χ1n) is 12.5. The summed E-state index contributed by atoms with van der Waals surface area (Å²) in [5, 5.41) is 5.23. The molecule has 182 valence electrons. The Hall–Kier alpha value is -3.50. The first-order chi connectivity index (χ1) is 17.7. The van der Waals surface area contributed by atoms with E-state index < -0.39 is 0 Å². The highest BCUT2D eigenvalue weighted by Gasteiger charge is 2.22. The Bertz CT molecular complexity index is 1500. The van der Waals surface area contributed by atoms with E-state index in [1.807, 2.05) is 43.3 Å². The lowest BCUT2D eigenvalue weighted by molar-refractivity contribution is 0.287. The fourth-order valence-corrected chi connectivity index (χ4v) is 5.37. The monoisotopic (exact) mass is 496 g/mol. The maximum atomic E-state index is 5.97. The Labute approximate surface area is 212 Å². The number of benzene rings is 3. The molecule has 0 aliphatic heterocycles. The normalized spacial score (nSPS) is 14.4. The van der Waals surface area contributed by atoms with E-state index >= 15 is 0 Å². The minimum absolute atomic E-state index is 0.242. The van der Waals surface area contributed by atoms with Crippen molar-refractivity contribution in [3.05, 3.63) is 78.1 Å². The van der Waals surface area contributed by atoms with E-state index in [1.54, 1.807) is 0 Å². The molecule has 1 saturated carbocycles. The number of nitrogens with zero attached hydrogens (tertiary/aromatic N) is 4. The summed E-state index contributed by atoms with van der Waals surface area (Å²) >= 11 is 0. The second-order valence-electron chi connectivity index (χ2n) is 9.49. The van der Waals surface area contributed by atoms with Crippen LogP contribution in [0.2, 0.25) is 0 Å². The molecule has 6 rings (SSSR count). The van der Waals surface area contributed by atoms with Gasteiger partial charge in [-0.25, -0.2) is 4.98 Å². The lowest BCUT2D eigenvalue weighted by atomic mass is 9.95.